The summed E-state index contributed by atoms with van der Waals surface area (Å²) in [5.74, 6) is 0.130. The van der Waals surface area contributed by atoms with E-state index in [0.717, 1.165) is 36.2 Å². The third-order valence-corrected chi connectivity index (χ3v) is 2.86. The van der Waals surface area contributed by atoms with Crippen molar-refractivity contribution >= 4 is 11.6 Å². The molecule has 80 valence electrons. The molecule has 0 saturated carbocycles. The van der Waals surface area contributed by atoms with Crippen LogP contribution in [0.4, 0.5) is 5.69 Å². The highest BCUT2D eigenvalue weighted by atomic mass is 16.2. The topological polar surface area (TPSA) is 46.3 Å². The van der Waals surface area contributed by atoms with Crippen molar-refractivity contribution in [3.05, 3.63) is 29.3 Å². The summed E-state index contributed by atoms with van der Waals surface area (Å²) in [4.78, 5) is 13.8. The van der Waals surface area contributed by atoms with Crippen LogP contribution in [0.1, 0.15) is 35.7 Å². The molecule has 1 heterocycles. The number of anilines is 1. The number of nitrogens with two attached hydrogens (primary N) is 1. The van der Waals surface area contributed by atoms with Crippen molar-refractivity contribution in [2.75, 3.05) is 12.3 Å². The first kappa shape index (κ1) is 10.0. The Morgan fingerprint density at radius 3 is 2.93 bits per heavy atom. The second kappa shape index (κ2) is 3.93. The number of unbranched alkanes of at least 4 members (excludes halogenated alkanes) is 1. The molecule has 0 unspecified atom stereocenters. The Balaban J connectivity index is 2.22. The van der Waals surface area contributed by atoms with E-state index >= 15 is 0 Å². The lowest BCUT2D eigenvalue weighted by atomic mass is 10.1. The van der Waals surface area contributed by atoms with Crippen molar-refractivity contribution in [3.63, 3.8) is 0 Å². The van der Waals surface area contributed by atoms with Gasteiger partial charge in [0.25, 0.3) is 5.91 Å². The molecule has 1 aromatic rings. The molecule has 0 atom stereocenters. The van der Waals surface area contributed by atoms with E-state index in [9.17, 15) is 4.79 Å². The summed E-state index contributed by atoms with van der Waals surface area (Å²) in [5.41, 5.74) is 8.36. The highest BCUT2D eigenvalue weighted by Gasteiger charge is 2.27. The van der Waals surface area contributed by atoms with Crippen LogP contribution in [-0.4, -0.2) is 17.4 Å². The molecule has 1 amide bonds. The largest absolute Gasteiger partial charge is 0.398 e. The van der Waals surface area contributed by atoms with E-state index in [4.69, 9.17) is 5.73 Å². The summed E-state index contributed by atoms with van der Waals surface area (Å²) in [6.07, 6.45) is 2.16. The minimum Gasteiger partial charge on any atom is -0.398 e. The maximum Gasteiger partial charge on any atom is 0.254 e. The van der Waals surface area contributed by atoms with Crippen molar-refractivity contribution in [2.24, 2.45) is 0 Å². The Morgan fingerprint density at radius 2 is 2.27 bits per heavy atom. The van der Waals surface area contributed by atoms with Gasteiger partial charge in [0.1, 0.15) is 0 Å². The summed E-state index contributed by atoms with van der Waals surface area (Å²) in [5, 5.41) is 0. The Hall–Kier alpha value is -1.51. The van der Waals surface area contributed by atoms with E-state index in [2.05, 4.69) is 6.92 Å². The fourth-order valence-electron chi connectivity index (χ4n) is 1.94. The zero-order chi connectivity index (χ0) is 10.8. The third-order valence-electron chi connectivity index (χ3n) is 2.86. The first-order valence-corrected chi connectivity index (χ1v) is 5.40. The molecule has 1 aromatic carbocycles. The first-order valence-electron chi connectivity index (χ1n) is 5.40. The van der Waals surface area contributed by atoms with Crippen molar-refractivity contribution in [1.82, 2.24) is 4.90 Å². The monoisotopic (exact) mass is 204 g/mol. The van der Waals surface area contributed by atoms with Crippen molar-refractivity contribution in [2.45, 2.75) is 26.3 Å². The first-order chi connectivity index (χ1) is 7.24. The molecule has 0 aromatic heterocycles. The standard InChI is InChI=1S/C12H16N2O/c1-2-3-7-14-8-10-9(12(14)15)5-4-6-11(10)13/h4-6H,2-3,7-8,13H2,1H3. The predicted octanol–water partition coefficient (Wildman–Crippen LogP) is 2.02. The van der Waals surface area contributed by atoms with Crippen LogP contribution in [-0.2, 0) is 6.54 Å². The van der Waals surface area contributed by atoms with E-state index in [1.165, 1.54) is 0 Å². The van der Waals surface area contributed by atoms with Crippen molar-refractivity contribution in [3.8, 4) is 0 Å². The number of hydrogen-bond acceptors (Lipinski definition) is 2. The van der Waals surface area contributed by atoms with Gasteiger partial charge < -0.3 is 10.6 Å². The Bertz CT molecular complexity index is 387. The average molecular weight is 204 g/mol. The number of carbonyl (C=O) groups excluding carboxylic acids is 1. The zero-order valence-electron chi connectivity index (χ0n) is 8.99. The summed E-state index contributed by atoms with van der Waals surface area (Å²) in [6.45, 7) is 3.65. The quantitative estimate of drug-likeness (QED) is 0.766. The summed E-state index contributed by atoms with van der Waals surface area (Å²) in [6, 6.07) is 5.56. The van der Waals surface area contributed by atoms with Crippen LogP contribution in [0.15, 0.2) is 18.2 Å². The van der Waals surface area contributed by atoms with Gasteiger partial charge in [0, 0.05) is 29.9 Å². The summed E-state index contributed by atoms with van der Waals surface area (Å²) >= 11 is 0. The van der Waals surface area contributed by atoms with Crippen LogP contribution in [0.3, 0.4) is 0 Å². The molecule has 0 aliphatic carbocycles. The minimum absolute atomic E-state index is 0.130. The SMILES string of the molecule is CCCCN1Cc2c(N)cccc2C1=O. The van der Waals surface area contributed by atoms with Gasteiger partial charge in [0.15, 0.2) is 0 Å². The number of carbonyl (C=O) groups is 1. The lowest BCUT2D eigenvalue weighted by Crippen LogP contribution is -2.24. The molecule has 1 aliphatic heterocycles. The van der Waals surface area contributed by atoms with Gasteiger partial charge in [-0.3, -0.25) is 4.79 Å². The molecule has 1 aliphatic rings. The van der Waals surface area contributed by atoms with Crippen LogP contribution >= 0.6 is 0 Å². The van der Waals surface area contributed by atoms with Gasteiger partial charge in [-0.2, -0.15) is 0 Å². The summed E-state index contributed by atoms with van der Waals surface area (Å²) in [7, 11) is 0. The second-order valence-corrected chi connectivity index (χ2v) is 3.95. The fraction of sp³-hybridized carbons (Fsp3) is 0.417. The average Bonchev–Trinajstić information content (AvgIpc) is 2.55. The minimum atomic E-state index is 0.130. The van der Waals surface area contributed by atoms with Gasteiger partial charge in [-0.25, -0.2) is 0 Å². The maximum atomic E-state index is 11.9. The fourth-order valence-corrected chi connectivity index (χ4v) is 1.94. The lowest BCUT2D eigenvalue weighted by Gasteiger charge is -2.14. The molecule has 0 fully saturated rings. The van der Waals surface area contributed by atoms with Crippen LogP contribution in [0, 0.1) is 0 Å². The third kappa shape index (κ3) is 1.69. The Labute approximate surface area is 89.9 Å². The van der Waals surface area contributed by atoms with Gasteiger partial charge in [-0.1, -0.05) is 19.4 Å². The van der Waals surface area contributed by atoms with E-state index in [1.807, 2.05) is 23.1 Å². The molecule has 2 rings (SSSR count). The number of benzene rings is 1. The van der Waals surface area contributed by atoms with E-state index < -0.39 is 0 Å². The van der Waals surface area contributed by atoms with Crippen LogP contribution in [0.5, 0.6) is 0 Å². The molecule has 2 N–H and O–H groups in total. The lowest BCUT2D eigenvalue weighted by molar-refractivity contribution is 0.0776. The number of rotatable bonds is 3. The number of fused-ring (bicyclic) bond motifs is 1. The molecular weight excluding hydrogens is 188 g/mol. The molecule has 0 bridgehead atoms. The molecule has 3 nitrogen and oxygen atoms in total. The van der Waals surface area contributed by atoms with Crippen LogP contribution < -0.4 is 5.73 Å². The molecule has 0 saturated heterocycles. The molecule has 3 heteroatoms. The number of nitrogen functional groups attached to an aromatic ring is 1. The molecular formula is C12H16N2O. The number of hydrogen-bond donors (Lipinski definition) is 1. The predicted molar refractivity (Wildman–Crippen MR) is 60.5 cm³/mol. The number of nitrogens with zero attached hydrogens (tertiary/aromatic N) is 1. The van der Waals surface area contributed by atoms with E-state index in [1.54, 1.807) is 0 Å². The molecule has 0 radical (unpaired) electrons. The van der Waals surface area contributed by atoms with Gasteiger partial charge in [0.2, 0.25) is 0 Å². The number of amides is 1. The Kier molecular flexibility index (Phi) is 2.62. The van der Waals surface area contributed by atoms with E-state index in [0.29, 0.717) is 6.54 Å². The molecule has 15 heavy (non-hydrogen) atoms. The Morgan fingerprint density at radius 1 is 1.47 bits per heavy atom. The van der Waals surface area contributed by atoms with Crippen LogP contribution in [0.25, 0.3) is 0 Å². The zero-order valence-corrected chi connectivity index (χ0v) is 8.99. The smallest absolute Gasteiger partial charge is 0.254 e. The normalized spacial score (nSPS) is 14.5. The highest BCUT2D eigenvalue weighted by Crippen LogP contribution is 2.27. The second-order valence-electron chi connectivity index (χ2n) is 3.95. The van der Waals surface area contributed by atoms with E-state index in [-0.39, 0.29) is 5.91 Å². The highest BCUT2D eigenvalue weighted by molar-refractivity contribution is 5.99. The summed E-state index contributed by atoms with van der Waals surface area (Å²) < 4.78 is 0. The van der Waals surface area contributed by atoms with Crippen LogP contribution in [0.2, 0.25) is 0 Å². The van der Waals surface area contributed by atoms with Crippen molar-refractivity contribution < 1.29 is 4.79 Å². The van der Waals surface area contributed by atoms with Gasteiger partial charge in [-0.05, 0) is 18.6 Å². The molecule has 0 spiro atoms. The van der Waals surface area contributed by atoms with Crippen molar-refractivity contribution in [1.29, 1.82) is 0 Å². The van der Waals surface area contributed by atoms with Gasteiger partial charge >= 0.3 is 0 Å². The van der Waals surface area contributed by atoms with Gasteiger partial charge in [-0.15, -0.1) is 0 Å². The maximum absolute atomic E-state index is 11.9. The van der Waals surface area contributed by atoms with Gasteiger partial charge in [0.05, 0.1) is 0 Å².